The number of alkyl halides is 4. The normalized spacial score (nSPS) is 11.4. The van der Waals surface area contributed by atoms with Gasteiger partial charge in [-0.15, -0.1) is 24.8 Å². The summed E-state index contributed by atoms with van der Waals surface area (Å²) in [6.45, 7) is 0. The van der Waals surface area contributed by atoms with Gasteiger partial charge in [0.25, 0.3) is 0 Å². The molecule has 0 spiro atoms. The lowest BCUT2D eigenvalue weighted by Crippen LogP contribution is -2.17. The van der Waals surface area contributed by atoms with Gasteiger partial charge < -0.3 is 4.74 Å². The van der Waals surface area contributed by atoms with Crippen molar-refractivity contribution < 1.29 is 22.7 Å². The van der Waals surface area contributed by atoms with Gasteiger partial charge in [0.15, 0.2) is 5.78 Å². The molecule has 19 heavy (non-hydrogen) atoms. The zero-order valence-corrected chi connectivity index (χ0v) is 10.9. The van der Waals surface area contributed by atoms with E-state index in [-0.39, 0.29) is 17.1 Å². The van der Waals surface area contributed by atoms with Crippen molar-refractivity contribution in [2.45, 2.75) is 32.0 Å². The predicted octanol–water partition coefficient (Wildman–Crippen LogP) is 4.57. The lowest BCUT2D eigenvalue weighted by molar-refractivity contribution is -0.274. The molecule has 6 heteroatoms. The summed E-state index contributed by atoms with van der Waals surface area (Å²) in [5.74, 6) is -0.0235. The molecule has 0 radical (unpaired) electrons. The third-order valence-electron chi connectivity index (χ3n) is 2.43. The summed E-state index contributed by atoms with van der Waals surface area (Å²) in [4.78, 5) is 11.8. The van der Waals surface area contributed by atoms with Gasteiger partial charge in [0, 0.05) is 17.9 Å². The SMILES string of the molecule is O=C(CCCCCCl)c1cccc(OC(F)(F)F)c1. The van der Waals surface area contributed by atoms with E-state index in [0.717, 1.165) is 25.0 Å². The van der Waals surface area contributed by atoms with Crippen LogP contribution in [0.5, 0.6) is 5.75 Å². The Labute approximate surface area is 114 Å². The van der Waals surface area contributed by atoms with E-state index in [1.807, 2.05) is 0 Å². The van der Waals surface area contributed by atoms with Crippen molar-refractivity contribution in [2.24, 2.45) is 0 Å². The van der Waals surface area contributed by atoms with E-state index in [2.05, 4.69) is 4.74 Å². The molecule has 0 heterocycles. The second-order valence-electron chi connectivity index (χ2n) is 4.00. The van der Waals surface area contributed by atoms with Gasteiger partial charge in [-0.2, -0.15) is 0 Å². The molecule has 0 aromatic heterocycles. The molecule has 0 bridgehead atoms. The van der Waals surface area contributed by atoms with Gasteiger partial charge in [0.1, 0.15) is 5.75 Å². The first-order valence-electron chi connectivity index (χ1n) is 5.87. The minimum atomic E-state index is -4.75. The molecule has 0 fully saturated rings. The Hall–Kier alpha value is -1.23. The van der Waals surface area contributed by atoms with E-state index in [4.69, 9.17) is 11.6 Å². The van der Waals surface area contributed by atoms with Crippen LogP contribution in [0.1, 0.15) is 36.0 Å². The summed E-state index contributed by atoms with van der Waals surface area (Å²) >= 11 is 5.51. The number of benzene rings is 1. The average molecular weight is 295 g/mol. The van der Waals surface area contributed by atoms with Crippen molar-refractivity contribution in [1.82, 2.24) is 0 Å². The van der Waals surface area contributed by atoms with Crippen LogP contribution in [-0.2, 0) is 0 Å². The molecule has 0 atom stereocenters. The summed E-state index contributed by atoms with van der Waals surface area (Å²) < 4.78 is 39.9. The van der Waals surface area contributed by atoms with E-state index < -0.39 is 6.36 Å². The van der Waals surface area contributed by atoms with Crippen LogP contribution < -0.4 is 4.74 Å². The standard InChI is InChI=1S/C13H14ClF3O2/c14-8-3-1-2-7-12(18)10-5-4-6-11(9-10)19-13(15,16)17/h4-6,9H,1-3,7-8H2. The summed E-state index contributed by atoms with van der Waals surface area (Å²) in [5, 5.41) is 0. The molecule has 0 aliphatic heterocycles. The number of hydrogen-bond donors (Lipinski definition) is 0. The summed E-state index contributed by atoms with van der Waals surface area (Å²) in [5.41, 5.74) is 0.229. The van der Waals surface area contributed by atoms with Crippen molar-refractivity contribution in [2.75, 3.05) is 5.88 Å². The number of ether oxygens (including phenoxy) is 1. The van der Waals surface area contributed by atoms with E-state index in [1.165, 1.54) is 12.1 Å². The van der Waals surface area contributed by atoms with Crippen LogP contribution in [0.4, 0.5) is 13.2 Å². The number of hydrogen-bond acceptors (Lipinski definition) is 2. The average Bonchev–Trinajstić information content (AvgIpc) is 2.32. The fourth-order valence-electron chi connectivity index (χ4n) is 1.57. The van der Waals surface area contributed by atoms with Crippen molar-refractivity contribution in [3.8, 4) is 5.75 Å². The molecule has 0 amide bonds. The summed E-state index contributed by atoms with van der Waals surface area (Å²) in [7, 11) is 0. The molecule has 2 nitrogen and oxygen atoms in total. The van der Waals surface area contributed by atoms with Gasteiger partial charge in [-0.05, 0) is 25.0 Å². The van der Waals surface area contributed by atoms with Crippen LogP contribution in [-0.4, -0.2) is 18.0 Å². The number of carbonyl (C=O) groups excluding carboxylic acids is 1. The molecule has 0 saturated carbocycles. The number of unbranched alkanes of at least 4 members (excludes halogenated alkanes) is 2. The first-order chi connectivity index (χ1) is 8.92. The molecule has 0 aliphatic rings. The third-order valence-corrected chi connectivity index (χ3v) is 2.69. The van der Waals surface area contributed by atoms with Crippen molar-refractivity contribution >= 4 is 17.4 Å². The number of halogens is 4. The molecular weight excluding hydrogens is 281 g/mol. The predicted molar refractivity (Wildman–Crippen MR) is 66.6 cm³/mol. The molecule has 1 aromatic carbocycles. The number of carbonyl (C=O) groups is 1. The van der Waals surface area contributed by atoms with Crippen LogP contribution in [0, 0.1) is 0 Å². The lowest BCUT2D eigenvalue weighted by atomic mass is 10.0. The van der Waals surface area contributed by atoms with Gasteiger partial charge >= 0.3 is 6.36 Å². The summed E-state index contributed by atoms with van der Waals surface area (Å²) in [6.07, 6.45) is -2.12. The minimum absolute atomic E-state index is 0.192. The van der Waals surface area contributed by atoms with Gasteiger partial charge in [-0.1, -0.05) is 18.6 Å². The van der Waals surface area contributed by atoms with Crippen LogP contribution in [0.25, 0.3) is 0 Å². The molecule has 0 unspecified atom stereocenters. The second kappa shape index (κ2) is 7.38. The van der Waals surface area contributed by atoms with E-state index in [0.29, 0.717) is 18.7 Å². The van der Waals surface area contributed by atoms with Crippen molar-refractivity contribution in [3.63, 3.8) is 0 Å². The van der Waals surface area contributed by atoms with E-state index in [9.17, 15) is 18.0 Å². The Kier molecular flexibility index (Phi) is 6.15. The van der Waals surface area contributed by atoms with Crippen LogP contribution in [0.3, 0.4) is 0 Å². The lowest BCUT2D eigenvalue weighted by Gasteiger charge is -2.09. The van der Waals surface area contributed by atoms with Crippen molar-refractivity contribution in [3.05, 3.63) is 29.8 Å². The smallest absolute Gasteiger partial charge is 0.406 e. The quantitative estimate of drug-likeness (QED) is 0.418. The van der Waals surface area contributed by atoms with Crippen LogP contribution in [0.15, 0.2) is 24.3 Å². The summed E-state index contributed by atoms with van der Waals surface area (Å²) in [6, 6.07) is 5.12. The number of Topliss-reactive ketones (excluding diaryl/α,β-unsaturated/α-hetero) is 1. The Bertz CT molecular complexity index is 419. The molecule has 1 rings (SSSR count). The minimum Gasteiger partial charge on any atom is -0.406 e. The van der Waals surface area contributed by atoms with Gasteiger partial charge in [-0.25, -0.2) is 0 Å². The van der Waals surface area contributed by atoms with Gasteiger partial charge in [0.2, 0.25) is 0 Å². The topological polar surface area (TPSA) is 26.3 Å². The Morgan fingerprint density at radius 1 is 1.21 bits per heavy atom. The highest BCUT2D eigenvalue weighted by molar-refractivity contribution is 6.17. The van der Waals surface area contributed by atoms with Gasteiger partial charge in [-0.3, -0.25) is 4.79 Å². The Morgan fingerprint density at radius 2 is 1.95 bits per heavy atom. The van der Waals surface area contributed by atoms with Crippen LogP contribution >= 0.6 is 11.6 Å². The van der Waals surface area contributed by atoms with Crippen molar-refractivity contribution in [1.29, 1.82) is 0 Å². The van der Waals surface area contributed by atoms with E-state index >= 15 is 0 Å². The first kappa shape index (κ1) is 15.8. The second-order valence-corrected chi connectivity index (χ2v) is 4.38. The molecule has 1 aromatic rings. The number of rotatable bonds is 7. The molecule has 106 valence electrons. The Balaban J connectivity index is 2.58. The molecule has 0 saturated heterocycles. The monoisotopic (exact) mass is 294 g/mol. The highest BCUT2D eigenvalue weighted by Gasteiger charge is 2.31. The third kappa shape index (κ3) is 6.47. The fourth-order valence-corrected chi connectivity index (χ4v) is 1.76. The maximum absolute atomic E-state index is 12.0. The molecular formula is C13H14ClF3O2. The first-order valence-corrected chi connectivity index (χ1v) is 6.41. The van der Waals surface area contributed by atoms with Gasteiger partial charge in [0.05, 0.1) is 0 Å². The fraction of sp³-hybridized carbons (Fsp3) is 0.462. The Morgan fingerprint density at radius 3 is 2.58 bits per heavy atom. The number of ketones is 1. The maximum Gasteiger partial charge on any atom is 0.573 e. The highest BCUT2D eigenvalue weighted by atomic mass is 35.5. The molecule has 0 aliphatic carbocycles. The molecule has 0 N–H and O–H groups in total. The van der Waals surface area contributed by atoms with E-state index in [1.54, 1.807) is 0 Å². The zero-order valence-electron chi connectivity index (χ0n) is 10.2. The van der Waals surface area contributed by atoms with Crippen LogP contribution in [0.2, 0.25) is 0 Å². The maximum atomic E-state index is 12.0. The highest BCUT2D eigenvalue weighted by Crippen LogP contribution is 2.24. The zero-order chi connectivity index (χ0) is 14.3. The largest absolute Gasteiger partial charge is 0.573 e.